The third-order valence-electron chi connectivity index (χ3n) is 4.74. The molecule has 138 valence electrons. The number of rotatable bonds is 3. The molecule has 1 aliphatic carbocycles. The molecule has 1 aromatic rings. The van der Waals surface area contributed by atoms with Gasteiger partial charge < -0.3 is 0 Å². The maximum Gasteiger partial charge on any atom is 0.138 e. The Morgan fingerprint density at radius 3 is 2.70 bits per heavy atom. The molecule has 3 nitrogen and oxygen atoms in total. The second-order valence-electron chi connectivity index (χ2n) is 6.68. The minimum absolute atomic E-state index is 0.612. The lowest BCUT2D eigenvalue weighted by molar-refractivity contribution is 1.09. The monoisotopic (exact) mass is 469 g/mol. The SMILES string of the molecule is C=C(C#CC)N(C1=N/C(=C/C)C(=NC)C=C1)c1cc(C)c(I)cc1C1CC1. The predicted molar refractivity (Wildman–Crippen MR) is 125 cm³/mol. The summed E-state index contributed by atoms with van der Waals surface area (Å²) >= 11 is 2.42. The summed E-state index contributed by atoms with van der Waals surface area (Å²) in [5, 5.41) is 0. The van der Waals surface area contributed by atoms with Gasteiger partial charge in [0.25, 0.3) is 0 Å². The molecule has 0 atom stereocenters. The molecule has 27 heavy (non-hydrogen) atoms. The molecule has 0 N–H and O–H groups in total. The van der Waals surface area contributed by atoms with Crippen LogP contribution in [-0.2, 0) is 0 Å². The minimum atomic E-state index is 0.612. The fraction of sp³-hybridized carbons (Fsp3) is 0.304. The van der Waals surface area contributed by atoms with E-state index in [2.05, 4.69) is 70.0 Å². The van der Waals surface area contributed by atoms with Gasteiger partial charge in [-0.1, -0.05) is 18.6 Å². The number of amidine groups is 1. The third-order valence-corrected chi connectivity index (χ3v) is 5.90. The van der Waals surface area contributed by atoms with E-state index in [9.17, 15) is 0 Å². The van der Waals surface area contributed by atoms with E-state index in [0.29, 0.717) is 5.92 Å². The van der Waals surface area contributed by atoms with Gasteiger partial charge in [-0.15, -0.1) is 0 Å². The van der Waals surface area contributed by atoms with Gasteiger partial charge >= 0.3 is 0 Å². The van der Waals surface area contributed by atoms with E-state index in [1.165, 1.54) is 27.5 Å². The molecule has 0 bridgehead atoms. The summed E-state index contributed by atoms with van der Waals surface area (Å²) in [5.74, 6) is 7.55. The second kappa shape index (κ2) is 8.26. The molecule has 1 saturated carbocycles. The first-order chi connectivity index (χ1) is 13.0. The Balaban J connectivity index is 2.18. The van der Waals surface area contributed by atoms with Crippen LogP contribution >= 0.6 is 22.6 Å². The molecule has 3 rings (SSSR count). The summed E-state index contributed by atoms with van der Waals surface area (Å²) < 4.78 is 1.29. The molecule has 0 saturated heterocycles. The minimum Gasteiger partial charge on any atom is -0.288 e. The number of hydrogen-bond donors (Lipinski definition) is 0. The van der Waals surface area contributed by atoms with Gasteiger partial charge in [0.15, 0.2) is 0 Å². The van der Waals surface area contributed by atoms with E-state index in [0.717, 1.165) is 28.6 Å². The number of hydrogen-bond acceptors (Lipinski definition) is 3. The fourth-order valence-electron chi connectivity index (χ4n) is 3.19. The van der Waals surface area contributed by atoms with Gasteiger partial charge in [-0.3, -0.25) is 9.89 Å². The lowest BCUT2D eigenvalue weighted by Gasteiger charge is -2.29. The maximum atomic E-state index is 4.86. The summed E-state index contributed by atoms with van der Waals surface area (Å²) in [6.07, 6.45) is 8.47. The van der Waals surface area contributed by atoms with Crippen molar-refractivity contribution >= 4 is 39.8 Å². The fourth-order valence-corrected chi connectivity index (χ4v) is 3.68. The van der Waals surface area contributed by atoms with Crippen molar-refractivity contribution < 1.29 is 0 Å². The van der Waals surface area contributed by atoms with E-state index >= 15 is 0 Å². The molecule has 2 aliphatic rings. The van der Waals surface area contributed by atoms with Crippen molar-refractivity contribution in [1.29, 1.82) is 0 Å². The van der Waals surface area contributed by atoms with Crippen LogP contribution in [0.3, 0.4) is 0 Å². The van der Waals surface area contributed by atoms with E-state index in [1.807, 2.05) is 32.1 Å². The molecule has 1 heterocycles. The maximum absolute atomic E-state index is 4.86. The van der Waals surface area contributed by atoms with Crippen molar-refractivity contribution in [2.75, 3.05) is 11.9 Å². The Kier molecular flexibility index (Phi) is 6.01. The van der Waals surface area contributed by atoms with E-state index in [-0.39, 0.29) is 0 Å². The third kappa shape index (κ3) is 4.08. The van der Waals surface area contributed by atoms with Crippen molar-refractivity contribution in [3.8, 4) is 11.8 Å². The summed E-state index contributed by atoms with van der Waals surface area (Å²) in [7, 11) is 1.79. The van der Waals surface area contributed by atoms with Crippen LogP contribution in [0.4, 0.5) is 5.69 Å². The zero-order valence-electron chi connectivity index (χ0n) is 16.3. The predicted octanol–water partition coefficient (Wildman–Crippen LogP) is 5.76. The zero-order chi connectivity index (χ0) is 19.6. The number of benzene rings is 1. The van der Waals surface area contributed by atoms with Gasteiger partial charge in [0.05, 0.1) is 22.8 Å². The molecule has 0 spiro atoms. The van der Waals surface area contributed by atoms with Crippen molar-refractivity contribution in [3.05, 3.63) is 63.0 Å². The normalized spacial score (nSPS) is 18.9. The Hall–Kier alpha value is -2.13. The highest BCUT2D eigenvalue weighted by atomic mass is 127. The average Bonchev–Trinajstić information content (AvgIpc) is 3.49. The highest BCUT2D eigenvalue weighted by molar-refractivity contribution is 14.1. The summed E-state index contributed by atoms with van der Waals surface area (Å²) in [6, 6.07) is 4.55. The number of anilines is 1. The molecular formula is C23H24IN3. The summed E-state index contributed by atoms with van der Waals surface area (Å²) in [4.78, 5) is 11.3. The molecular weight excluding hydrogens is 445 g/mol. The standard InChI is InChI=1S/C23H24IN3/c1-6-8-16(4)27(23-12-11-21(25-5)20(7-2)26-23)22-13-15(3)19(24)14-18(22)17-9-10-17/h7,11-14,17H,4,9-10H2,1-3,5H3/b20-7+,25-21?. The van der Waals surface area contributed by atoms with E-state index in [4.69, 9.17) is 4.99 Å². The van der Waals surface area contributed by atoms with Crippen LogP contribution in [0.2, 0.25) is 0 Å². The molecule has 4 heteroatoms. The number of aryl methyl sites for hydroxylation is 1. The smallest absolute Gasteiger partial charge is 0.138 e. The van der Waals surface area contributed by atoms with Gasteiger partial charge in [0.2, 0.25) is 0 Å². The molecule has 1 aromatic carbocycles. The Morgan fingerprint density at radius 1 is 1.37 bits per heavy atom. The quantitative estimate of drug-likeness (QED) is 0.409. The lowest BCUT2D eigenvalue weighted by Crippen LogP contribution is -2.31. The Labute approximate surface area is 175 Å². The van der Waals surface area contributed by atoms with E-state index < -0.39 is 0 Å². The Morgan fingerprint density at radius 2 is 2.11 bits per heavy atom. The van der Waals surface area contributed by atoms with Crippen LogP contribution in [0.15, 0.2) is 58.3 Å². The first-order valence-electron chi connectivity index (χ1n) is 9.12. The molecule has 1 fully saturated rings. The lowest BCUT2D eigenvalue weighted by atomic mass is 10.0. The van der Waals surface area contributed by atoms with Crippen LogP contribution in [0.5, 0.6) is 0 Å². The summed E-state index contributed by atoms with van der Waals surface area (Å²) in [6.45, 7) is 10.2. The Bertz CT molecular complexity index is 963. The second-order valence-corrected chi connectivity index (χ2v) is 7.84. The van der Waals surface area contributed by atoms with Crippen LogP contribution in [-0.4, -0.2) is 18.6 Å². The number of aliphatic imine (C=N–C) groups is 2. The van der Waals surface area contributed by atoms with Crippen molar-refractivity contribution in [1.82, 2.24) is 0 Å². The number of dihydropyridines is 1. The van der Waals surface area contributed by atoms with Crippen LogP contribution in [0.1, 0.15) is 43.7 Å². The number of halogens is 1. The average molecular weight is 469 g/mol. The number of allylic oxidation sites excluding steroid dienone is 3. The van der Waals surface area contributed by atoms with Crippen molar-refractivity contribution in [3.63, 3.8) is 0 Å². The zero-order valence-corrected chi connectivity index (χ0v) is 18.5. The van der Waals surface area contributed by atoms with E-state index in [1.54, 1.807) is 7.05 Å². The van der Waals surface area contributed by atoms with Gasteiger partial charge in [0, 0.05) is 10.6 Å². The topological polar surface area (TPSA) is 28.0 Å². The first-order valence-corrected chi connectivity index (χ1v) is 10.2. The van der Waals surface area contributed by atoms with Gasteiger partial charge in [-0.25, -0.2) is 4.99 Å². The van der Waals surface area contributed by atoms with Gasteiger partial charge in [-0.2, -0.15) is 0 Å². The molecule has 0 radical (unpaired) electrons. The molecule has 0 aromatic heterocycles. The number of nitrogens with zero attached hydrogens (tertiary/aromatic N) is 3. The van der Waals surface area contributed by atoms with Crippen molar-refractivity contribution in [2.45, 2.75) is 39.5 Å². The van der Waals surface area contributed by atoms with Gasteiger partial charge in [0.1, 0.15) is 5.84 Å². The molecule has 1 aliphatic heterocycles. The van der Waals surface area contributed by atoms with Crippen LogP contribution in [0.25, 0.3) is 0 Å². The van der Waals surface area contributed by atoms with Gasteiger partial charge in [-0.05, 0) is 103 Å². The van der Waals surface area contributed by atoms with Crippen LogP contribution < -0.4 is 4.90 Å². The molecule has 0 amide bonds. The highest BCUT2D eigenvalue weighted by Crippen LogP contribution is 2.46. The van der Waals surface area contributed by atoms with Crippen molar-refractivity contribution in [2.24, 2.45) is 9.98 Å². The molecule has 0 unspecified atom stereocenters. The first kappa shape index (κ1) is 19.6. The highest BCUT2D eigenvalue weighted by Gasteiger charge is 2.30. The summed E-state index contributed by atoms with van der Waals surface area (Å²) in [5.41, 5.74) is 6.23. The largest absolute Gasteiger partial charge is 0.288 e. The van der Waals surface area contributed by atoms with Crippen LogP contribution in [0, 0.1) is 22.3 Å².